The van der Waals surface area contributed by atoms with E-state index in [1.165, 1.54) is 23.1 Å². The zero-order chi connectivity index (χ0) is 16.7. The summed E-state index contributed by atoms with van der Waals surface area (Å²) in [6, 6.07) is 7.46. The minimum absolute atomic E-state index is 0.0544. The van der Waals surface area contributed by atoms with Gasteiger partial charge in [0.15, 0.2) is 8.68 Å². The van der Waals surface area contributed by atoms with Crippen LogP contribution in [0.5, 0.6) is 0 Å². The quantitative estimate of drug-likeness (QED) is 0.543. The number of amides is 1. The molecule has 4 nitrogen and oxygen atoms in total. The molecule has 2 rings (SSSR count). The highest BCUT2D eigenvalue weighted by Crippen LogP contribution is 2.29. The van der Waals surface area contributed by atoms with E-state index in [0.29, 0.717) is 17.3 Å². The summed E-state index contributed by atoms with van der Waals surface area (Å²) in [7, 11) is 0. The van der Waals surface area contributed by atoms with Gasteiger partial charge in [0.25, 0.3) is 0 Å². The number of rotatable bonds is 8. The number of nitrogens with one attached hydrogen (secondary N) is 1. The highest BCUT2D eigenvalue weighted by molar-refractivity contribution is 8.03. The van der Waals surface area contributed by atoms with Crippen LogP contribution in [-0.4, -0.2) is 27.6 Å². The Kier molecular flexibility index (Phi) is 7.42. The van der Waals surface area contributed by atoms with E-state index in [9.17, 15) is 4.79 Å². The van der Waals surface area contributed by atoms with Gasteiger partial charge in [0.05, 0.1) is 5.75 Å². The minimum Gasteiger partial charge on any atom is -0.351 e. The summed E-state index contributed by atoms with van der Waals surface area (Å²) in [5, 5.41) is 11.7. The molecular formula is C15H16ClN3OS3. The van der Waals surface area contributed by atoms with E-state index in [2.05, 4.69) is 22.1 Å². The Labute approximate surface area is 153 Å². The molecule has 1 amide bonds. The first kappa shape index (κ1) is 18.3. The van der Waals surface area contributed by atoms with Gasteiger partial charge in [-0.05, 0) is 18.6 Å². The first-order valence-corrected chi connectivity index (χ1v) is 9.94. The zero-order valence-corrected chi connectivity index (χ0v) is 15.7. The van der Waals surface area contributed by atoms with Crippen molar-refractivity contribution in [1.29, 1.82) is 0 Å². The van der Waals surface area contributed by atoms with Crippen LogP contribution in [0.4, 0.5) is 0 Å². The standard InChI is InChI=1S/C15H16ClN3OS3/c1-10(2)8-21-14-18-19-15(23-14)22-9-13(20)17-7-11-5-3-4-6-12(11)16/h3-6H,1,7-9H2,2H3,(H,17,20). The van der Waals surface area contributed by atoms with Crippen molar-refractivity contribution in [2.45, 2.75) is 22.1 Å². The number of thioether (sulfide) groups is 2. The molecule has 1 N–H and O–H groups in total. The van der Waals surface area contributed by atoms with Gasteiger partial charge in [0, 0.05) is 17.3 Å². The smallest absolute Gasteiger partial charge is 0.230 e. The molecular weight excluding hydrogens is 370 g/mol. The lowest BCUT2D eigenvalue weighted by Gasteiger charge is -2.05. The van der Waals surface area contributed by atoms with Crippen molar-refractivity contribution in [2.75, 3.05) is 11.5 Å². The van der Waals surface area contributed by atoms with Crippen LogP contribution >= 0.6 is 46.5 Å². The molecule has 0 spiro atoms. The number of hydrogen-bond acceptors (Lipinski definition) is 6. The number of nitrogens with zero attached hydrogens (tertiary/aromatic N) is 2. The summed E-state index contributed by atoms with van der Waals surface area (Å²) < 4.78 is 1.69. The van der Waals surface area contributed by atoms with E-state index in [1.54, 1.807) is 11.8 Å². The highest BCUT2D eigenvalue weighted by atomic mass is 35.5. The van der Waals surface area contributed by atoms with Crippen LogP contribution in [0.15, 0.2) is 45.1 Å². The van der Waals surface area contributed by atoms with Crippen LogP contribution in [0.2, 0.25) is 5.02 Å². The number of carbonyl (C=O) groups is 1. The van der Waals surface area contributed by atoms with Crippen molar-refractivity contribution >= 4 is 52.4 Å². The monoisotopic (exact) mass is 385 g/mol. The van der Waals surface area contributed by atoms with E-state index < -0.39 is 0 Å². The maximum absolute atomic E-state index is 11.9. The van der Waals surface area contributed by atoms with Gasteiger partial charge in [-0.3, -0.25) is 4.79 Å². The average molecular weight is 386 g/mol. The molecule has 0 aliphatic heterocycles. The molecule has 23 heavy (non-hydrogen) atoms. The Balaban J connectivity index is 1.74. The van der Waals surface area contributed by atoms with E-state index in [-0.39, 0.29) is 5.91 Å². The lowest BCUT2D eigenvalue weighted by atomic mass is 10.2. The van der Waals surface area contributed by atoms with E-state index in [0.717, 1.165) is 25.6 Å². The van der Waals surface area contributed by atoms with Gasteiger partial charge in [-0.1, -0.05) is 76.8 Å². The normalized spacial score (nSPS) is 10.5. The van der Waals surface area contributed by atoms with Crippen molar-refractivity contribution in [3.8, 4) is 0 Å². The van der Waals surface area contributed by atoms with E-state index in [4.69, 9.17) is 11.6 Å². The molecule has 0 aliphatic rings. The molecule has 8 heteroatoms. The van der Waals surface area contributed by atoms with Gasteiger partial charge in [-0.15, -0.1) is 10.2 Å². The van der Waals surface area contributed by atoms with Gasteiger partial charge in [-0.2, -0.15) is 0 Å². The van der Waals surface area contributed by atoms with Crippen molar-refractivity contribution in [1.82, 2.24) is 15.5 Å². The summed E-state index contributed by atoms with van der Waals surface area (Å²) in [6.07, 6.45) is 0. The largest absolute Gasteiger partial charge is 0.351 e. The summed E-state index contributed by atoms with van der Waals surface area (Å²) in [4.78, 5) is 11.9. The predicted octanol–water partition coefficient (Wildman–Crippen LogP) is 4.27. The number of carbonyl (C=O) groups excluding carboxylic acids is 1. The molecule has 0 bridgehead atoms. The van der Waals surface area contributed by atoms with Gasteiger partial charge in [0.2, 0.25) is 5.91 Å². The Morgan fingerprint density at radius 2 is 1.91 bits per heavy atom. The molecule has 0 saturated carbocycles. The van der Waals surface area contributed by atoms with Crippen molar-refractivity contribution in [3.05, 3.63) is 47.0 Å². The maximum atomic E-state index is 11.9. The van der Waals surface area contributed by atoms with Gasteiger partial charge >= 0.3 is 0 Å². The fourth-order valence-electron chi connectivity index (χ4n) is 1.51. The predicted molar refractivity (Wildman–Crippen MR) is 99.5 cm³/mol. The number of halogens is 1. The first-order chi connectivity index (χ1) is 11.0. The Morgan fingerprint density at radius 3 is 2.57 bits per heavy atom. The summed E-state index contributed by atoms with van der Waals surface area (Å²) in [6.45, 7) is 6.26. The third-order valence-corrected chi connectivity index (χ3v) is 6.38. The number of benzene rings is 1. The minimum atomic E-state index is -0.0544. The summed E-state index contributed by atoms with van der Waals surface area (Å²) in [5.74, 6) is 1.09. The first-order valence-electron chi connectivity index (χ1n) is 6.78. The third kappa shape index (κ3) is 6.55. The molecule has 0 unspecified atom stereocenters. The van der Waals surface area contributed by atoms with Gasteiger partial charge in [0.1, 0.15) is 0 Å². The fourth-order valence-corrected chi connectivity index (χ4v) is 4.41. The molecule has 0 fully saturated rings. The van der Waals surface area contributed by atoms with Crippen LogP contribution in [0.1, 0.15) is 12.5 Å². The Bertz CT molecular complexity index is 690. The molecule has 1 aromatic heterocycles. The van der Waals surface area contributed by atoms with E-state index >= 15 is 0 Å². The van der Waals surface area contributed by atoms with Gasteiger partial charge in [-0.25, -0.2) is 0 Å². The topological polar surface area (TPSA) is 54.9 Å². The van der Waals surface area contributed by atoms with Crippen LogP contribution in [-0.2, 0) is 11.3 Å². The van der Waals surface area contributed by atoms with Crippen LogP contribution in [0.25, 0.3) is 0 Å². The highest BCUT2D eigenvalue weighted by Gasteiger charge is 2.09. The van der Waals surface area contributed by atoms with Crippen LogP contribution < -0.4 is 5.32 Å². The van der Waals surface area contributed by atoms with Crippen molar-refractivity contribution < 1.29 is 4.79 Å². The SMILES string of the molecule is C=C(C)CSc1nnc(SCC(=O)NCc2ccccc2Cl)s1. The molecule has 1 aromatic carbocycles. The van der Waals surface area contributed by atoms with Crippen molar-refractivity contribution in [3.63, 3.8) is 0 Å². The molecule has 122 valence electrons. The van der Waals surface area contributed by atoms with E-state index in [1.807, 2.05) is 31.2 Å². The maximum Gasteiger partial charge on any atom is 0.230 e. The lowest BCUT2D eigenvalue weighted by molar-refractivity contribution is -0.118. The molecule has 0 saturated heterocycles. The fraction of sp³-hybridized carbons (Fsp3) is 0.267. The number of hydrogen-bond donors (Lipinski definition) is 1. The van der Waals surface area contributed by atoms with Gasteiger partial charge < -0.3 is 5.32 Å². The number of aromatic nitrogens is 2. The van der Waals surface area contributed by atoms with Crippen LogP contribution in [0.3, 0.4) is 0 Å². The average Bonchev–Trinajstić information content (AvgIpc) is 2.98. The summed E-state index contributed by atoms with van der Waals surface area (Å²) >= 11 is 10.5. The zero-order valence-electron chi connectivity index (χ0n) is 12.5. The Hall–Kier alpha value is -1.02. The molecule has 0 aliphatic carbocycles. The third-order valence-electron chi connectivity index (χ3n) is 2.59. The van der Waals surface area contributed by atoms with Crippen LogP contribution in [0, 0.1) is 0 Å². The lowest BCUT2D eigenvalue weighted by Crippen LogP contribution is -2.24. The Morgan fingerprint density at radius 1 is 1.26 bits per heavy atom. The molecule has 2 aromatic rings. The molecule has 0 atom stereocenters. The second-order valence-corrected chi connectivity index (χ2v) is 8.57. The second kappa shape index (κ2) is 9.32. The summed E-state index contributed by atoms with van der Waals surface area (Å²) in [5.41, 5.74) is 2.00. The molecule has 0 radical (unpaired) electrons. The van der Waals surface area contributed by atoms with Crippen molar-refractivity contribution in [2.24, 2.45) is 0 Å². The second-order valence-electron chi connectivity index (χ2n) is 4.74. The molecule has 1 heterocycles.